The van der Waals surface area contributed by atoms with Crippen molar-refractivity contribution >= 4 is 17.1 Å². The Morgan fingerprint density at radius 3 is 2.30 bits per heavy atom. The topological polar surface area (TPSA) is 47.7 Å². The summed E-state index contributed by atoms with van der Waals surface area (Å²) in [7, 11) is 3.65. The lowest BCUT2D eigenvalue weighted by Gasteiger charge is -2.21. The number of benzene rings is 2. The highest BCUT2D eigenvalue weighted by Gasteiger charge is 2.07. The minimum atomic E-state index is 0.620. The minimum Gasteiger partial charge on any atom is -0.497 e. The summed E-state index contributed by atoms with van der Waals surface area (Å²) >= 11 is 0. The van der Waals surface area contributed by atoms with Crippen LogP contribution in [0.2, 0.25) is 0 Å². The highest BCUT2D eigenvalue weighted by Crippen LogP contribution is 2.30. The second-order valence-electron chi connectivity index (χ2n) is 4.45. The molecule has 0 bridgehead atoms. The molecule has 20 heavy (non-hydrogen) atoms. The fourth-order valence-electron chi connectivity index (χ4n) is 2.00. The third-order valence-corrected chi connectivity index (χ3v) is 3.07. The van der Waals surface area contributed by atoms with Crippen LogP contribution in [0.25, 0.3) is 0 Å². The van der Waals surface area contributed by atoms with Crippen molar-refractivity contribution in [3.63, 3.8) is 0 Å². The standard InChI is InChI=1S/C16H20N2O2/c1-4-20-16-10-12(17)9-14(11-16)18(2)13-5-7-15(19-3)8-6-13/h5-11H,4,17H2,1-3H3. The maximum Gasteiger partial charge on any atom is 0.123 e. The highest BCUT2D eigenvalue weighted by atomic mass is 16.5. The summed E-state index contributed by atoms with van der Waals surface area (Å²) < 4.78 is 10.7. The van der Waals surface area contributed by atoms with E-state index in [1.807, 2.05) is 56.4 Å². The summed E-state index contributed by atoms with van der Waals surface area (Å²) in [6.45, 7) is 2.57. The molecule has 2 aromatic carbocycles. The molecule has 2 aromatic rings. The van der Waals surface area contributed by atoms with E-state index in [1.165, 1.54) is 0 Å². The maximum absolute atomic E-state index is 5.92. The van der Waals surface area contributed by atoms with Gasteiger partial charge in [-0.3, -0.25) is 0 Å². The number of nitrogens with zero attached hydrogens (tertiary/aromatic N) is 1. The van der Waals surface area contributed by atoms with Gasteiger partial charge in [0.05, 0.1) is 13.7 Å². The first-order valence-corrected chi connectivity index (χ1v) is 6.55. The van der Waals surface area contributed by atoms with Crippen molar-refractivity contribution < 1.29 is 9.47 Å². The van der Waals surface area contributed by atoms with Gasteiger partial charge in [0.2, 0.25) is 0 Å². The Morgan fingerprint density at radius 2 is 1.70 bits per heavy atom. The van der Waals surface area contributed by atoms with Crippen LogP contribution in [0, 0.1) is 0 Å². The summed E-state index contributed by atoms with van der Waals surface area (Å²) in [5.41, 5.74) is 8.65. The Hall–Kier alpha value is -2.36. The predicted molar refractivity (Wildman–Crippen MR) is 83.1 cm³/mol. The van der Waals surface area contributed by atoms with Crippen molar-refractivity contribution in [3.05, 3.63) is 42.5 Å². The first-order chi connectivity index (χ1) is 9.63. The monoisotopic (exact) mass is 272 g/mol. The molecule has 0 aliphatic carbocycles. The number of hydrogen-bond acceptors (Lipinski definition) is 4. The molecule has 0 atom stereocenters. The number of ether oxygens (including phenoxy) is 2. The summed E-state index contributed by atoms with van der Waals surface area (Å²) in [5, 5.41) is 0. The highest BCUT2D eigenvalue weighted by molar-refractivity contribution is 5.68. The van der Waals surface area contributed by atoms with Gasteiger partial charge in [-0.1, -0.05) is 0 Å². The van der Waals surface area contributed by atoms with Gasteiger partial charge in [-0.2, -0.15) is 0 Å². The van der Waals surface area contributed by atoms with Crippen LogP contribution in [0.1, 0.15) is 6.92 Å². The summed E-state index contributed by atoms with van der Waals surface area (Å²) in [6, 6.07) is 13.6. The lowest BCUT2D eigenvalue weighted by molar-refractivity contribution is 0.340. The molecule has 0 heterocycles. The molecule has 0 radical (unpaired) electrons. The van der Waals surface area contributed by atoms with E-state index in [1.54, 1.807) is 7.11 Å². The Kier molecular flexibility index (Phi) is 4.35. The predicted octanol–water partition coefficient (Wildman–Crippen LogP) is 3.44. The molecule has 0 saturated carbocycles. The van der Waals surface area contributed by atoms with Crippen LogP contribution < -0.4 is 20.1 Å². The second-order valence-corrected chi connectivity index (χ2v) is 4.45. The van der Waals surface area contributed by atoms with E-state index in [0.29, 0.717) is 12.3 Å². The van der Waals surface area contributed by atoms with Gasteiger partial charge in [0.25, 0.3) is 0 Å². The van der Waals surface area contributed by atoms with E-state index in [2.05, 4.69) is 4.90 Å². The summed E-state index contributed by atoms with van der Waals surface area (Å²) in [4.78, 5) is 2.05. The molecule has 0 aromatic heterocycles. The third-order valence-electron chi connectivity index (χ3n) is 3.07. The van der Waals surface area contributed by atoms with E-state index in [0.717, 1.165) is 22.9 Å². The molecular formula is C16H20N2O2. The van der Waals surface area contributed by atoms with Crippen LogP contribution in [-0.2, 0) is 0 Å². The normalized spacial score (nSPS) is 10.2. The van der Waals surface area contributed by atoms with Crippen LogP contribution in [0.4, 0.5) is 17.1 Å². The van der Waals surface area contributed by atoms with Crippen molar-refractivity contribution in [2.24, 2.45) is 0 Å². The third kappa shape index (κ3) is 3.15. The molecule has 2 rings (SSSR count). The quantitative estimate of drug-likeness (QED) is 0.847. The SMILES string of the molecule is CCOc1cc(N)cc(N(C)c2ccc(OC)cc2)c1. The smallest absolute Gasteiger partial charge is 0.123 e. The first-order valence-electron chi connectivity index (χ1n) is 6.55. The molecule has 0 aliphatic heterocycles. The van der Waals surface area contributed by atoms with Crippen molar-refractivity contribution in [1.29, 1.82) is 0 Å². The molecule has 4 heteroatoms. The zero-order valence-corrected chi connectivity index (χ0v) is 12.1. The molecule has 0 spiro atoms. The summed E-state index contributed by atoms with van der Waals surface area (Å²) in [5.74, 6) is 1.62. The van der Waals surface area contributed by atoms with Crippen LogP contribution in [-0.4, -0.2) is 20.8 Å². The molecule has 0 aliphatic rings. The van der Waals surface area contributed by atoms with Gasteiger partial charge in [-0.15, -0.1) is 0 Å². The number of nitrogen functional groups attached to an aromatic ring is 1. The van der Waals surface area contributed by atoms with Crippen molar-refractivity contribution in [1.82, 2.24) is 0 Å². The van der Waals surface area contributed by atoms with Crippen LogP contribution in [0.5, 0.6) is 11.5 Å². The van der Waals surface area contributed by atoms with Crippen LogP contribution in [0.3, 0.4) is 0 Å². The molecule has 106 valence electrons. The zero-order chi connectivity index (χ0) is 14.5. The molecule has 0 unspecified atom stereocenters. The Balaban J connectivity index is 2.29. The average molecular weight is 272 g/mol. The van der Waals surface area contributed by atoms with Gasteiger partial charge in [-0.25, -0.2) is 0 Å². The van der Waals surface area contributed by atoms with E-state index in [4.69, 9.17) is 15.2 Å². The average Bonchev–Trinajstić information content (AvgIpc) is 2.46. The van der Waals surface area contributed by atoms with Gasteiger partial charge in [0.15, 0.2) is 0 Å². The lowest BCUT2D eigenvalue weighted by Crippen LogP contribution is -2.10. The number of anilines is 3. The lowest BCUT2D eigenvalue weighted by atomic mass is 10.2. The maximum atomic E-state index is 5.92. The van der Waals surface area contributed by atoms with Gasteiger partial charge >= 0.3 is 0 Å². The number of nitrogens with two attached hydrogens (primary N) is 1. The molecular weight excluding hydrogens is 252 g/mol. The second kappa shape index (κ2) is 6.19. The van der Waals surface area contributed by atoms with Crippen molar-refractivity contribution in [3.8, 4) is 11.5 Å². The molecule has 0 fully saturated rings. The zero-order valence-electron chi connectivity index (χ0n) is 12.1. The van der Waals surface area contributed by atoms with Crippen molar-refractivity contribution in [2.45, 2.75) is 6.92 Å². The van der Waals surface area contributed by atoms with Gasteiger partial charge < -0.3 is 20.1 Å². The number of rotatable bonds is 5. The van der Waals surface area contributed by atoms with Crippen molar-refractivity contribution in [2.75, 3.05) is 31.4 Å². The van der Waals surface area contributed by atoms with Crippen LogP contribution in [0.15, 0.2) is 42.5 Å². The molecule has 4 nitrogen and oxygen atoms in total. The molecule has 0 amide bonds. The molecule has 0 saturated heterocycles. The Bertz CT molecular complexity index is 567. The molecule has 2 N–H and O–H groups in total. The van der Waals surface area contributed by atoms with Gasteiger partial charge in [-0.05, 0) is 37.3 Å². The minimum absolute atomic E-state index is 0.620. The largest absolute Gasteiger partial charge is 0.497 e. The fourth-order valence-corrected chi connectivity index (χ4v) is 2.00. The number of methoxy groups -OCH3 is 1. The van der Waals surface area contributed by atoms with E-state index < -0.39 is 0 Å². The first kappa shape index (κ1) is 14.1. The van der Waals surface area contributed by atoms with Gasteiger partial charge in [0, 0.05) is 36.2 Å². The van der Waals surface area contributed by atoms with Gasteiger partial charge in [0.1, 0.15) is 11.5 Å². The summed E-state index contributed by atoms with van der Waals surface area (Å²) in [6.07, 6.45) is 0. The van der Waals surface area contributed by atoms with E-state index in [9.17, 15) is 0 Å². The Labute approximate surface area is 119 Å². The van der Waals surface area contributed by atoms with E-state index in [-0.39, 0.29) is 0 Å². The Morgan fingerprint density at radius 1 is 1.00 bits per heavy atom. The van der Waals surface area contributed by atoms with E-state index >= 15 is 0 Å². The fraction of sp³-hybridized carbons (Fsp3) is 0.250. The number of hydrogen-bond donors (Lipinski definition) is 1. The van der Waals surface area contributed by atoms with Crippen LogP contribution >= 0.6 is 0 Å².